The van der Waals surface area contributed by atoms with Crippen molar-refractivity contribution in [2.45, 2.75) is 23.8 Å². The van der Waals surface area contributed by atoms with Crippen LogP contribution in [0.2, 0.25) is 0 Å². The number of carbonyl (C=O) groups excluding carboxylic acids is 2. The first-order chi connectivity index (χ1) is 17.1. The summed E-state index contributed by atoms with van der Waals surface area (Å²) >= 11 is 1.66. The van der Waals surface area contributed by atoms with Crippen LogP contribution in [0.15, 0.2) is 83.8 Å². The number of hydrogen-bond acceptors (Lipinski definition) is 5. The number of para-hydroxylation sites is 2. The molecule has 1 aliphatic heterocycles. The van der Waals surface area contributed by atoms with Crippen LogP contribution in [0.4, 0.5) is 5.69 Å². The molecule has 0 aliphatic carbocycles. The third kappa shape index (κ3) is 6.17. The summed E-state index contributed by atoms with van der Waals surface area (Å²) in [4.78, 5) is 31.1. The molecule has 0 aromatic heterocycles. The van der Waals surface area contributed by atoms with E-state index in [1.165, 1.54) is 0 Å². The number of likely N-dealkylation sites (tertiary alicyclic amines) is 1. The van der Waals surface area contributed by atoms with Crippen LogP contribution in [0.3, 0.4) is 0 Å². The average molecular weight is 491 g/mol. The van der Waals surface area contributed by atoms with Gasteiger partial charge in [0.05, 0.1) is 7.11 Å². The van der Waals surface area contributed by atoms with Crippen molar-refractivity contribution in [3.05, 3.63) is 84.4 Å². The molecule has 0 N–H and O–H groups in total. The van der Waals surface area contributed by atoms with Gasteiger partial charge in [-0.3, -0.25) is 14.5 Å². The molecule has 2 amide bonds. The Morgan fingerprint density at radius 3 is 2.26 bits per heavy atom. The molecule has 0 atom stereocenters. The number of benzene rings is 3. The van der Waals surface area contributed by atoms with E-state index in [1.54, 1.807) is 48.0 Å². The van der Waals surface area contributed by atoms with Crippen molar-refractivity contribution >= 4 is 29.3 Å². The number of methoxy groups -OCH3 is 1. The zero-order chi connectivity index (χ0) is 24.6. The first kappa shape index (κ1) is 24.7. The quantitative estimate of drug-likeness (QED) is 0.410. The largest absolute Gasteiger partial charge is 0.497 e. The molecule has 3 aromatic carbocycles. The first-order valence-corrected chi connectivity index (χ1v) is 12.9. The summed E-state index contributed by atoms with van der Waals surface area (Å²) in [6.07, 6.45) is 3.62. The Hall–Kier alpha value is -3.45. The van der Waals surface area contributed by atoms with E-state index in [2.05, 4.69) is 6.07 Å². The van der Waals surface area contributed by atoms with Gasteiger partial charge in [0.2, 0.25) is 5.91 Å². The Balaban J connectivity index is 1.41. The minimum atomic E-state index is -0.223. The van der Waals surface area contributed by atoms with Crippen LogP contribution in [-0.4, -0.2) is 55.8 Å². The van der Waals surface area contributed by atoms with Gasteiger partial charge in [-0.15, -0.1) is 11.8 Å². The monoisotopic (exact) mass is 490 g/mol. The van der Waals surface area contributed by atoms with E-state index in [4.69, 9.17) is 9.47 Å². The van der Waals surface area contributed by atoms with Gasteiger partial charge in [-0.2, -0.15) is 0 Å². The number of hydrogen-bond donors (Lipinski definition) is 0. The van der Waals surface area contributed by atoms with Crippen LogP contribution in [0.25, 0.3) is 0 Å². The van der Waals surface area contributed by atoms with Gasteiger partial charge in [0.15, 0.2) is 0 Å². The number of thioether (sulfide) groups is 1. The van der Waals surface area contributed by atoms with E-state index in [1.807, 2.05) is 59.7 Å². The number of piperidine rings is 1. The Labute approximate surface area is 210 Å². The summed E-state index contributed by atoms with van der Waals surface area (Å²) in [7, 11) is 1.58. The van der Waals surface area contributed by atoms with E-state index in [9.17, 15) is 9.59 Å². The highest BCUT2D eigenvalue weighted by Gasteiger charge is 2.28. The van der Waals surface area contributed by atoms with Gasteiger partial charge in [0.25, 0.3) is 5.91 Å². The van der Waals surface area contributed by atoms with Crippen molar-refractivity contribution < 1.29 is 19.1 Å². The minimum absolute atomic E-state index is 0.0181. The zero-order valence-electron chi connectivity index (χ0n) is 20.1. The normalized spacial score (nSPS) is 13.8. The highest BCUT2D eigenvalue weighted by Crippen LogP contribution is 2.29. The fraction of sp³-hybridized carbons (Fsp3) is 0.286. The molecule has 1 fully saturated rings. The molecule has 1 aliphatic rings. The molecule has 1 heterocycles. The first-order valence-electron chi connectivity index (χ1n) is 11.7. The van der Waals surface area contributed by atoms with Crippen molar-refractivity contribution in [1.82, 2.24) is 4.90 Å². The second-order valence-electron chi connectivity index (χ2n) is 8.30. The van der Waals surface area contributed by atoms with Crippen LogP contribution >= 0.6 is 11.8 Å². The molecule has 0 unspecified atom stereocenters. The summed E-state index contributed by atoms with van der Waals surface area (Å²) in [5, 5.41) is 0. The van der Waals surface area contributed by atoms with Crippen LogP contribution in [-0.2, 0) is 4.79 Å². The summed E-state index contributed by atoms with van der Waals surface area (Å²) in [5.74, 6) is 1.28. The lowest BCUT2D eigenvalue weighted by molar-refractivity contribution is -0.131. The lowest BCUT2D eigenvalue weighted by Gasteiger charge is -2.34. The number of ether oxygens (including phenoxy) is 2. The summed E-state index contributed by atoms with van der Waals surface area (Å²) in [6, 6.07) is 24.3. The zero-order valence-corrected chi connectivity index (χ0v) is 20.9. The van der Waals surface area contributed by atoms with Crippen LogP contribution < -0.4 is 14.4 Å². The Bertz CT molecular complexity index is 1130. The second kappa shape index (κ2) is 11.8. The molecule has 6 nitrogen and oxygen atoms in total. The van der Waals surface area contributed by atoms with Gasteiger partial charge in [-0.05, 0) is 54.8 Å². The number of nitrogens with zero attached hydrogens (tertiary/aromatic N) is 2. The number of anilines is 1. The minimum Gasteiger partial charge on any atom is -0.497 e. The van der Waals surface area contributed by atoms with E-state index in [0.29, 0.717) is 30.1 Å². The van der Waals surface area contributed by atoms with Crippen molar-refractivity contribution in [3.8, 4) is 11.5 Å². The standard InChI is InChI=1S/C28H30N2O4S/c1-33-23-14-12-21(13-15-23)28(32)30(22-8-4-3-5-9-22)20-27(31)29-18-16-24(17-19-29)34-25-10-6-7-11-26(25)35-2/h3-15,24H,16-20H2,1-2H3. The average Bonchev–Trinajstić information content (AvgIpc) is 2.92. The van der Waals surface area contributed by atoms with E-state index >= 15 is 0 Å². The lowest BCUT2D eigenvalue weighted by Crippen LogP contribution is -2.47. The van der Waals surface area contributed by atoms with Crippen molar-refractivity contribution in [2.24, 2.45) is 0 Å². The predicted molar refractivity (Wildman–Crippen MR) is 140 cm³/mol. The molecule has 0 spiro atoms. The fourth-order valence-corrected chi connectivity index (χ4v) is 4.66. The Morgan fingerprint density at radius 2 is 1.60 bits per heavy atom. The molecule has 3 aromatic rings. The SMILES string of the molecule is COc1ccc(C(=O)N(CC(=O)N2CCC(Oc3ccccc3SC)CC2)c2ccccc2)cc1. The maximum absolute atomic E-state index is 13.4. The molecule has 0 bridgehead atoms. The van der Waals surface area contributed by atoms with Crippen molar-refractivity contribution in [3.63, 3.8) is 0 Å². The number of rotatable bonds is 8. The second-order valence-corrected chi connectivity index (χ2v) is 9.15. The van der Waals surface area contributed by atoms with E-state index in [0.717, 1.165) is 23.5 Å². The van der Waals surface area contributed by atoms with Gasteiger partial charge in [0.1, 0.15) is 24.1 Å². The molecule has 35 heavy (non-hydrogen) atoms. The molecule has 1 saturated heterocycles. The van der Waals surface area contributed by atoms with Crippen LogP contribution in [0, 0.1) is 0 Å². The van der Waals surface area contributed by atoms with E-state index < -0.39 is 0 Å². The molecule has 0 radical (unpaired) electrons. The summed E-state index contributed by atoms with van der Waals surface area (Å²) in [5.41, 5.74) is 1.19. The Morgan fingerprint density at radius 1 is 0.943 bits per heavy atom. The predicted octanol–water partition coefficient (Wildman–Crippen LogP) is 5.13. The van der Waals surface area contributed by atoms with Crippen molar-refractivity contribution in [1.29, 1.82) is 0 Å². The fourth-order valence-electron chi connectivity index (χ4n) is 4.13. The third-order valence-corrected chi connectivity index (χ3v) is 6.88. The summed E-state index contributed by atoms with van der Waals surface area (Å²) < 4.78 is 11.4. The number of carbonyl (C=O) groups is 2. The summed E-state index contributed by atoms with van der Waals surface area (Å²) in [6.45, 7) is 1.18. The highest BCUT2D eigenvalue weighted by molar-refractivity contribution is 7.98. The van der Waals surface area contributed by atoms with E-state index in [-0.39, 0.29) is 24.5 Å². The maximum Gasteiger partial charge on any atom is 0.258 e. The highest BCUT2D eigenvalue weighted by atomic mass is 32.2. The topological polar surface area (TPSA) is 59.1 Å². The van der Waals surface area contributed by atoms with Crippen LogP contribution in [0.1, 0.15) is 23.2 Å². The van der Waals surface area contributed by atoms with Crippen LogP contribution in [0.5, 0.6) is 11.5 Å². The third-order valence-electron chi connectivity index (χ3n) is 6.10. The molecule has 182 valence electrons. The number of amides is 2. The molecule has 4 rings (SSSR count). The van der Waals surface area contributed by atoms with Gasteiger partial charge >= 0.3 is 0 Å². The molecular formula is C28H30N2O4S. The Kier molecular flexibility index (Phi) is 8.32. The molecule has 0 saturated carbocycles. The van der Waals surface area contributed by atoms with Crippen molar-refractivity contribution in [2.75, 3.05) is 37.9 Å². The lowest BCUT2D eigenvalue weighted by atomic mass is 10.1. The molecule has 7 heteroatoms. The molecular weight excluding hydrogens is 460 g/mol. The maximum atomic E-state index is 13.4. The van der Waals surface area contributed by atoms with Gasteiger partial charge in [-0.1, -0.05) is 30.3 Å². The van der Waals surface area contributed by atoms with Gasteiger partial charge < -0.3 is 14.4 Å². The smallest absolute Gasteiger partial charge is 0.258 e. The van der Waals surface area contributed by atoms with Gasteiger partial charge in [0, 0.05) is 42.1 Å². The van der Waals surface area contributed by atoms with Gasteiger partial charge in [-0.25, -0.2) is 0 Å².